The Morgan fingerprint density at radius 1 is 1.05 bits per heavy atom. The van der Waals surface area contributed by atoms with Gasteiger partial charge in [-0.3, -0.25) is 14.3 Å². The zero-order valence-electron chi connectivity index (χ0n) is 25.6. The van der Waals surface area contributed by atoms with Crippen molar-refractivity contribution in [3.8, 4) is 11.6 Å². The lowest BCUT2D eigenvalue weighted by molar-refractivity contribution is -0.131. The molecule has 1 saturated heterocycles. The molecule has 0 aromatic carbocycles. The van der Waals surface area contributed by atoms with Gasteiger partial charge in [-0.15, -0.1) is 0 Å². The van der Waals surface area contributed by atoms with Crippen LogP contribution in [-0.4, -0.2) is 71.7 Å². The summed E-state index contributed by atoms with van der Waals surface area (Å²) in [5.41, 5.74) is 1.45. The summed E-state index contributed by atoms with van der Waals surface area (Å²) in [6.45, 7) is 12.6. The molecule has 2 saturated carbocycles. The lowest BCUT2D eigenvalue weighted by atomic mass is 9.80. The number of hydrogen-bond acceptors (Lipinski definition) is 9. The molecule has 12 nitrogen and oxygen atoms in total. The van der Waals surface area contributed by atoms with Gasteiger partial charge in [0.25, 0.3) is 0 Å². The fourth-order valence-electron chi connectivity index (χ4n) is 7.15. The molecule has 1 aliphatic heterocycles. The van der Waals surface area contributed by atoms with Gasteiger partial charge in [0.2, 0.25) is 23.5 Å². The molecule has 3 aromatic heterocycles. The number of aromatic nitrogens is 6. The smallest absolute Gasteiger partial charge is 0.365 e. The summed E-state index contributed by atoms with van der Waals surface area (Å²) in [5, 5.41) is 7.59. The highest BCUT2D eigenvalue weighted by Gasteiger charge is 2.35. The van der Waals surface area contributed by atoms with E-state index in [1.165, 1.54) is 51.4 Å². The monoisotopic (exact) mass is 579 g/mol. The number of nitrogens with one attached hydrogen (secondary N) is 2. The number of carbonyl (C=O) groups is 1. The van der Waals surface area contributed by atoms with Crippen molar-refractivity contribution in [3.05, 3.63) is 10.6 Å². The van der Waals surface area contributed by atoms with Crippen molar-refractivity contribution in [2.24, 2.45) is 17.8 Å². The molecule has 3 fully saturated rings. The van der Waals surface area contributed by atoms with E-state index in [1.54, 1.807) is 6.92 Å². The number of fused-ring (bicyclic) bond motifs is 1. The summed E-state index contributed by atoms with van der Waals surface area (Å²) in [4.78, 5) is 45.9. The second-order valence-corrected chi connectivity index (χ2v) is 13.0. The van der Waals surface area contributed by atoms with Crippen LogP contribution in [0.3, 0.4) is 0 Å². The molecular formula is C30H45N9O3. The second-order valence-electron chi connectivity index (χ2n) is 13.0. The number of carbonyl (C=O) groups excluding carboxylic acids is 1. The first-order valence-electron chi connectivity index (χ1n) is 15.9. The van der Waals surface area contributed by atoms with Crippen molar-refractivity contribution in [2.45, 2.75) is 111 Å². The summed E-state index contributed by atoms with van der Waals surface area (Å²) < 4.78 is 7.12. The summed E-state index contributed by atoms with van der Waals surface area (Å²) in [6.07, 6.45) is 9.82. The van der Waals surface area contributed by atoms with E-state index in [1.807, 2.05) is 4.90 Å². The number of nitrogens with zero attached hydrogens (tertiary/aromatic N) is 7. The Hall–Kier alpha value is -3.44. The van der Waals surface area contributed by atoms with Gasteiger partial charge in [0, 0.05) is 44.7 Å². The second kappa shape index (κ2) is 11.7. The molecule has 2 N–H and O–H groups in total. The first kappa shape index (κ1) is 28.7. The Bertz CT molecular complexity index is 1470. The van der Waals surface area contributed by atoms with Crippen molar-refractivity contribution < 1.29 is 9.32 Å². The topological polar surface area (TPSA) is 138 Å². The van der Waals surface area contributed by atoms with E-state index in [9.17, 15) is 9.59 Å². The Morgan fingerprint density at radius 3 is 2.40 bits per heavy atom. The van der Waals surface area contributed by atoms with Crippen LogP contribution in [-0.2, 0) is 11.3 Å². The molecule has 12 heteroatoms. The molecule has 0 spiro atoms. The van der Waals surface area contributed by atoms with Crippen LogP contribution in [0.4, 0.5) is 11.8 Å². The molecule has 0 bridgehead atoms. The van der Waals surface area contributed by atoms with E-state index in [0.717, 1.165) is 23.9 Å². The third-order valence-electron chi connectivity index (χ3n) is 10.1. The van der Waals surface area contributed by atoms with Crippen molar-refractivity contribution in [1.82, 2.24) is 34.6 Å². The molecule has 3 aromatic rings. The van der Waals surface area contributed by atoms with Crippen LogP contribution in [0.15, 0.2) is 9.32 Å². The largest absolute Gasteiger partial charge is 0.439 e. The standard InChI is InChI=1S/C30H45N9O3/c1-6-21-10-12-22(13-11-21)16-39-24-25(31-19(4)23-8-7-9-23)32-27(28-35-30(41)42-36-28)33-26(24)34-29(39)38-15-17(2)37(20(5)40)14-18(38)3/h17-19,21-23H,6-16H2,1-5H3,(H,31,32,33)(H,35,36,41)/t17-,18+,19+,21?,22?/m0/s1. The number of imidazole rings is 1. The van der Waals surface area contributed by atoms with E-state index in [-0.39, 0.29) is 35.7 Å². The molecule has 1 amide bonds. The van der Waals surface area contributed by atoms with Gasteiger partial charge < -0.3 is 19.7 Å². The molecule has 3 atom stereocenters. The lowest BCUT2D eigenvalue weighted by Crippen LogP contribution is -2.58. The predicted molar refractivity (Wildman–Crippen MR) is 161 cm³/mol. The molecule has 0 radical (unpaired) electrons. The van der Waals surface area contributed by atoms with Crippen LogP contribution in [0.1, 0.15) is 86.0 Å². The van der Waals surface area contributed by atoms with Crippen LogP contribution < -0.4 is 16.0 Å². The van der Waals surface area contributed by atoms with Gasteiger partial charge in [0.05, 0.1) is 0 Å². The highest BCUT2D eigenvalue weighted by atomic mass is 16.5. The summed E-state index contributed by atoms with van der Waals surface area (Å²) in [6, 6.07) is 0.372. The zero-order valence-corrected chi connectivity index (χ0v) is 25.6. The van der Waals surface area contributed by atoms with Gasteiger partial charge in [0.1, 0.15) is 5.52 Å². The number of anilines is 2. The van der Waals surface area contributed by atoms with E-state index >= 15 is 0 Å². The minimum atomic E-state index is -0.647. The molecule has 6 rings (SSSR count). The fraction of sp³-hybridized carbons (Fsp3) is 0.733. The number of amides is 1. The Kier molecular flexibility index (Phi) is 7.97. The maximum Gasteiger partial charge on any atom is 0.439 e. The normalized spacial score (nSPS) is 25.9. The van der Waals surface area contributed by atoms with Crippen molar-refractivity contribution in [3.63, 3.8) is 0 Å². The van der Waals surface area contributed by atoms with Crippen LogP contribution in [0.25, 0.3) is 22.8 Å². The maximum atomic E-state index is 12.3. The summed E-state index contributed by atoms with van der Waals surface area (Å²) in [7, 11) is 0. The Labute approximate surface area is 246 Å². The van der Waals surface area contributed by atoms with Crippen LogP contribution in [0.5, 0.6) is 0 Å². The molecular weight excluding hydrogens is 534 g/mol. The van der Waals surface area contributed by atoms with Gasteiger partial charge >= 0.3 is 5.76 Å². The molecule has 0 unspecified atom stereocenters. The third kappa shape index (κ3) is 5.51. The average molecular weight is 580 g/mol. The average Bonchev–Trinajstić information content (AvgIpc) is 3.52. The molecule has 42 heavy (non-hydrogen) atoms. The molecule has 2 aliphatic carbocycles. The molecule has 4 heterocycles. The van der Waals surface area contributed by atoms with Crippen LogP contribution >= 0.6 is 0 Å². The van der Waals surface area contributed by atoms with Gasteiger partial charge in [-0.05, 0) is 64.2 Å². The van der Waals surface area contributed by atoms with Gasteiger partial charge in [-0.25, -0.2) is 14.8 Å². The minimum absolute atomic E-state index is 0.0602. The Balaban J connectivity index is 1.46. The lowest BCUT2D eigenvalue weighted by Gasteiger charge is -2.44. The minimum Gasteiger partial charge on any atom is -0.365 e. The number of H-pyrrole nitrogens is 1. The highest BCUT2D eigenvalue weighted by Crippen LogP contribution is 2.38. The number of hydrogen-bond donors (Lipinski definition) is 2. The molecule has 228 valence electrons. The summed E-state index contributed by atoms with van der Waals surface area (Å²) in [5.74, 6) is 3.44. The first-order valence-corrected chi connectivity index (χ1v) is 15.9. The van der Waals surface area contributed by atoms with E-state index < -0.39 is 5.76 Å². The van der Waals surface area contributed by atoms with Crippen LogP contribution in [0.2, 0.25) is 0 Å². The fourth-order valence-corrected chi connectivity index (χ4v) is 7.15. The van der Waals surface area contributed by atoms with E-state index in [0.29, 0.717) is 36.4 Å². The predicted octanol–water partition coefficient (Wildman–Crippen LogP) is 4.43. The number of aromatic amines is 1. The van der Waals surface area contributed by atoms with Crippen LogP contribution in [0, 0.1) is 17.8 Å². The van der Waals surface area contributed by atoms with E-state index in [2.05, 4.69) is 52.6 Å². The maximum absolute atomic E-state index is 12.3. The Morgan fingerprint density at radius 2 is 1.79 bits per heavy atom. The van der Waals surface area contributed by atoms with Gasteiger partial charge in [-0.1, -0.05) is 37.8 Å². The van der Waals surface area contributed by atoms with E-state index in [4.69, 9.17) is 19.5 Å². The molecule has 3 aliphatic rings. The number of piperazine rings is 1. The van der Waals surface area contributed by atoms with Crippen molar-refractivity contribution in [2.75, 3.05) is 23.3 Å². The van der Waals surface area contributed by atoms with Gasteiger partial charge in [0.15, 0.2) is 11.5 Å². The first-order chi connectivity index (χ1) is 20.2. The van der Waals surface area contributed by atoms with Crippen molar-refractivity contribution in [1.29, 1.82) is 0 Å². The quantitative estimate of drug-likeness (QED) is 0.397. The van der Waals surface area contributed by atoms with Gasteiger partial charge in [-0.2, -0.15) is 4.98 Å². The highest BCUT2D eigenvalue weighted by molar-refractivity contribution is 5.87. The number of rotatable bonds is 8. The third-order valence-corrected chi connectivity index (χ3v) is 10.1. The SMILES string of the molecule is CCC1CCC(Cn2c(N3C[C@H](C)N(C(C)=O)C[C@H]3C)nc3nc(-c4noc(=O)[nH]4)nc(N[C@H](C)C4CCC4)c32)CC1. The summed E-state index contributed by atoms with van der Waals surface area (Å²) >= 11 is 0. The van der Waals surface area contributed by atoms with Crippen molar-refractivity contribution >= 4 is 28.8 Å². The zero-order chi connectivity index (χ0) is 29.5.